The zero-order valence-corrected chi connectivity index (χ0v) is 19.6. The maximum atomic E-state index is 13.0. The van der Waals surface area contributed by atoms with Gasteiger partial charge < -0.3 is 9.80 Å². The Morgan fingerprint density at radius 2 is 1.85 bits per heavy atom. The first kappa shape index (κ1) is 22.6. The fourth-order valence-electron chi connectivity index (χ4n) is 5.23. The third-order valence-electron chi connectivity index (χ3n) is 6.91. The minimum absolute atomic E-state index is 0.310. The molecule has 2 atom stereocenters. The Morgan fingerprint density at radius 3 is 2.61 bits per heavy atom. The van der Waals surface area contributed by atoms with Crippen LogP contribution in [0.1, 0.15) is 29.6 Å². The number of likely N-dealkylation sites (tertiary alicyclic amines) is 1. The smallest absolute Gasteiger partial charge is 0.355 e. The third kappa shape index (κ3) is 5.17. The van der Waals surface area contributed by atoms with Crippen LogP contribution in [-0.2, 0) is 19.3 Å². The van der Waals surface area contributed by atoms with Gasteiger partial charge >= 0.3 is 6.18 Å². The topological polar surface area (TPSA) is 32.3 Å². The van der Waals surface area contributed by atoms with Crippen molar-refractivity contribution in [3.63, 3.8) is 0 Å². The Kier molecular flexibility index (Phi) is 6.31. The fourth-order valence-corrected chi connectivity index (χ4v) is 6.31. The van der Waals surface area contributed by atoms with Gasteiger partial charge in [0.25, 0.3) is 0 Å². The number of fused-ring (bicyclic) bond motifs is 2. The monoisotopic (exact) mass is 474 g/mol. The molecule has 4 nitrogen and oxygen atoms in total. The summed E-state index contributed by atoms with van der Waals surface area (Å²) in [6, 6.07) is 12.3. The Bertz CT molecular complexity index is 1100. The molecule has 2 saturated heterocycles. The highest BCUT2D eigenvalue weighted by molar-refractivity contribution is 7.18. The van der Waals surface area contributed by atoms with E-state index in [4.69, 9.17) is 4.98 Å². The number of hydrogen-bond donors (Lipinski definition) is 0. The Hall–Kier alpha value is -2.19. The van der Waals surface area contributed by atoms with Crippen LogP contribution < -0.4 is 4.90 Å². The van der Waals surface area contributed by atoms with Gasteiger partial charge in [0.15, 0.2) is 0 Å². The average Bonchev–Trinajstić information content (AvgIpc) is 3.39. The van der Waals surface area contributed by atoms with E-state index in [0.29, 0.717) is 33.8 Å². The van der Waals surface area contributed by atoms with Crippen LogP contribution in [-0.4, -0.2) is 53.8 Å². The molecule has 0 aliphatic carbocycles. The van der Waals surface area contributed by atoms with Gasteiger partial charge in [-0.3, -0.25) is 0 Å². The molecule has 2 fully saturated rings. The van der Waals surface area contributed by atoms with Crippen molar-refractivity contribution in [3.05, 3.63) is 52.7 Å². The summed E-state index contributed by atoms with van der Waals surface area (Å²) in [5.74, 6) is 2.71. The molecule has 0 spiro atoms. The zero-order chi connectivity index (χ0) is 23.0. The first-order chi connectivity index (χ1) is 15.9. The quantitative estimate of drug-likeness (QED) is 0.482. The molecule has 1 aromatic carbocycles. The first-order valence-electron chi connectivity index (χ1n) is 11.8. The van der Waals surface area contributed by atoms with Crippen molar-refractivity contribution >= 4 is 27.4 Å². The molecule has 2 aliphatic rings. The van der Waals surface area contributed by atoms with Crippen LogP contribution in [0.4, 0.5) is 19.0 Å². The molecule has 0 bridgehead atoms. The SMILES string of the molecule is CCc1nc(N2CC3CCN(CCc4ccccc4)CC3C2)c2cc(CC(F)(F)F)sc2n1. The van der Waals surface area contributed by atoms with Crippen LogP contribution in [0, 0.1) is 11.8 Å². The van der Waals surface area contributed by atoms with E-state index >= 15 is 0 Å². The van der Waals surface area contributed by atoms with Gasteiger partial charge in [0.2, 0.25) is 0 Å². The van der Waals surface area contributed by atoms with E-state index in [-0.39, 0.29) is 0 Å². The molecular weight excluding hydrogens is 445 g/mol. The number of anilines is 1. The van der Waals surface area contributed by atoms with Crippen LogP contribution in [0.3, 0.4) is 0 Å². The molecule has 5 rings (SSSR count). The maximum Gasteiger partial charge on any atom is 0.393 e. The first-order valence-corrected chi connectivity index (χ1v) is 12.6. The molecular formula is C25H29F3N4S. The zero-order valence-electron chi connectivity index (χ0n) is 18.8. The van der Waals surface area contributed by atoms with Crippen LogP contribution >= 0.6 is 11.3 Å². The number of nitrogens with zero attached hydrogens (tertiary/aromatic N) is 4. The van der Waals surface area contributed by atoms with E-state index in [1.807, 2.05) is 6.92 Å². The molecule has 0 N–H and O–H groups in total. The highest BCUT2D eigenvalue weighted by Crippen LogP contribution is 2.39. The molecule has 8 heteroatoms. The van der Waals surface area contributed by atoms with Gasteiger partial charge in [-0.1, -0.05) is 37.3 Å². The van der Waals surface area contributed by atoms with Crippen molar-refractivity contribution in [2.45, 2.75) is 38.8 Å². The number of aryl methyl sites for hydroxylation is 1. The standard InChI is InChI=1S/C25H29F3N4S/c1-2-22-29-23(21-12-20(13-25(26,27)28)33-24(21)30-22)32-15-18-9-11-31(14-19(18)16-32)10-8-17-6-4-3-5-7-17/h3-7,12,18-19H,2,8-11,13-16H2,1H3. The molecule has 0 radical (unpaired) electrons. The molecule has 33 heavy (non-hydrogen) atoms. The molecule has 4 heterocycles. The Morgan fingerprint density at radius 1 is 1.06 bits per heavy atom. The third-order valence-corrected chi connectivity index (χ3v) is 7.93. The molecule has 0 saturated carbocycles. The number of piperidine rings is 1. The second-order valence-electron chi connectivity index (χ2n) is 9.29. The molecule has 2 unspecified atom stereocenters. The molecule has 2 aromatic heterocycles. The van der Waals surface area contributed by atoms with Gasteiger partial charge in [0.1, 0.15) is 16.5 Å². The normalized spacial score (nSPS) is 21.6. The molecule has 3 aromatic rings. The second kappa shape index (κ2) is 9.22. The van der Waals surface area contributed by atoms with Crippen LogP contribution in [0.15, 0.2) is 36.4 Å². The number of halogens is 3. The van der Waals surface area contributed by atoms with Gasteiger partial charge in [-0.2, -0.15) is 13.2 Å². The molecule has 176 valence electrons. The summed E-state index contributed by atoms with van der Waals surface area (Å²) < 4.78 is 38.9. The highest BCUT2D eigenvalue weighted by atomic mass is 32.1. The lowest BCUT2D eigenvalue weighted by atomic mass is 9.88. The summed E-state index contributed by atoms with van der Waals surface area (Å²) in [6.45, 7) is 7.07. The Labute approximate surface area is 196 Å². The summed E-state index contributed by atoms with van der Waals surface area (Å²) >= 11 is 1.15. The summed E-state index contributed by atoms with van der Waals surface area (Å²) in [7, 11) is 0. The van der Waals surface area contributed by atoms with Crippen molar-refractivity contribution in [1.82, 2.24) is 14.9 Å². The summed E-state index contributed by atoms with van der Waals surface area (Å²) in [5, 5.41) is 0.774. The number of alkyl halides is 3. The van der Waals surface area contributed by atoms with Crippen LogP contribution in [0.2, 0.25) is 0 Å². The van der Waals surface area contributed by atoms with Crippen LogP contribution in [0.25, 0.3) is 10.2 Å². The lowest BCUT2D eigenvalue weighted by molar-refractivity contribution is -0.126. The van der Waals surface area contributed by atoms with Gasteiger partial charge in [0.05, 0.1) is 11.8 Å². The number of rotatable bonds is 6. The predicted molar refractivity (Wildman–Crippen MR) is 127 cm³/mol. The summed E-state index contributed by atoms with van der Waals surface area (Å²) in [6.07, 6.45) is -2.23. The van der Waals surface area contributed by atoms with E-state index < -0.39 is 12.6 Å². The van der Waals surface area contributed by atoms with Crippen molar-refractivity contribution in [2.75, 3.05) is 37.6 Å². The van der Waals surface area contributed by atoms with Crippen LogP contribution in [0.5, 0.6) is 0 Å². The maximum absolute atomic E-state index is 13.0. The summed E-state index contributed by atoms with van der Waals surface area (Å²) in [4.78, 5) is 15.2. The van der Waals surface area contributed by atoms with Gasteiger partial charge in [-0.25, -0.2) is 9.97 Å². The average molecular weight is 475 g/mol. The highest BCUT2D eigenvalue weighted by Gasteiger charge is 2.38. The second-order valence-corrected chi connectivity index (χ2v) is 10.4. The molecule has 2 aliphatic heterocycles. The van der Waals surface area contributed by atoms with E-state index in [1.165, 1.54) is 5.56 Å². The fraction of sp³-hybridized carbons (Fsp3) is 0.520. The minimum Gasteiger partial charge on any atom is -0.355 e. The van der Waals surface area contributed by atoms with Crippen molar-refractivity contribution in [1.29, 1.82) is 0 Å². The predicted octanol–water partition coefficient (Wildman–Crippen LogP) is 5.36. The van der Waals surface area contributed by atoms with E-state index in [9.17, 15) is 13.2 Å². The number of hydrogen-bond acceptors (Lipinski definition) is 5. The van der Waals surface area contributed by atoms with Gasteiger partial charge in [-0.05, 0) is 42.9 Å². The van der Waals surface area contributed by atoms with Crippen molar-refractivity contribution in [2.24, 2.45) is 11.8 Å². The Balaban J connectivity index is 1.31. The van der Waals surface area contributed by atoms with Crippen molar-refractivity contribution in [3.8, 4) is 0 Å². The lowest BCUT2D eigenvalue weighted by Gasteiger charge is -2.34. The number of benzene rings is 1. The number of aromatic nitrogens is 2. The lowest BCUT2D eigenvalue weighted by Crippen LogP contribution is -2.40. The minimum atomic E-state index is -4.21. The van der Waals surface area contributed by atoms with Gasteiger partial charge in [-0.15, -0.1) is 11.3 Å². The van der Waals surface area contributed by atoms with Gasteiger partial charge in [0, 0.05) is 37.5 Å². The summed E-state index contributed by atoms with van der Waals surface area (Å²) in [5.41, 5.74) is 1.37. The number of thiophene rings is 1. The van der Waals surface area contributed by atoms with E-state index in [2.05, 4.69) is 45.1 Å². The van der Waals surface area contributed by atoms with Crippen molar-refractivity contribution < 1.29 is 13.2 Å². The van der Waals surface area contributed by atoms with E-state index in [1.54, 1.807) is 6.07 Å². The largest absolute Gasteiger partial charge is 0.393 e. The van der Waals surface area contributed by atoms with E-state index in [0.717, 1.165) is 68.1 Å². The molecule has 0 amide bonds.